The first kappa shape index (κ1) is 15.5. The molecule has 2 nitrogen and oxygen atoms in total. The van der Waals surface area contributed by atoms with Crippen LogP contribution >= 0.6 is 0 Å². The van der Waals surface area contributed by atoms with E-state index in [4.69, 9.17) is 4.74 Å². The summed E-state index contributed by atoms with van der Waals surface area (Å²) in [6.45, 7) is 5.09. The van der Waals surface area contributed by atoms with Crippen molar-refractivity contribution in [2.24, 2.45) is 0 Å². The van der Waals surface area contributed by atoms with E-state index in [9.17, 15) is 0 Å². The maximum absolute atomic E-state index is 5.16. The lowest BCUT2D eigenvalue weighted by atomic mass is 9.72. The van der Waals surface area contributed by atoms with Crippen LogP contribution in [0.4, 0.5) is 0 Å². The lowest BCUT2D eigenvalue weighted by molar-refractivity contribution is 0.195. The standard InChI is InChI=1S/C18H29NO/c1-16-9-5-6-10-17(16)18(15-19-13-14-20-2)11-7-3-4-8-12-18/h5-6,9-10,19H,3-4,7-8,11-15H2,1-2H3. The van der Waals surface area contributed by atoms with Crippen LogP contribution in [0.1, 0.15) is 49.7 Å². The van der Waals surface area contributed by atoms with Crippen molar-refractivity contribution in [3.05, 3.63) is 35.4 Å². The largest absolute Gasteiger partial charge is 0.383 e. The van der Waals surface area contributed by atoms with Gasteiger partial charge in [-0.1, -0.05) is 49.9 Å². The Morgan fingerprint density at radius 2 is 1.80 bits per heavy atom. The van der Waals surface area contributed by atoms with E-state index in [0.717, 1.165) is 19.7 Å². The zero-order chi connectivity index (χ0) is 14.3. The molecule has 20 heavy (non-hydrogen) atoms. The van der Waals surface area contributed by atoms with Crippen LogP contribution in [0.5, 0.6) is 0 Å². The number of aryl methyl sites for hydroxylation is 1. The smallest absolute Gasteiger partial charge is 0.0587 e. The van der Waals surface area contributed by atoms with Crippen LogP contribution in [0.3, 0.4) is 0 Å². The lowest BCUT2D eigenvalue weighted by Crippen LogP contribution is -2.39. The van der Waals surface area contributed by atoms with Gasteiger partial charge in [-0.05, 0) is 30.9 Å². The molecule has 0 aromatic heterocycles. The van der Waals surface area contributed by atoms with Crippen LogP contribution in [0, 0.1) is 6.92 Å². The average Bonchev–Trinajstić information content (AvgIpc) is 2.71. The molecule has 1 aliphatic rings. The van der Waals surface area contributed by atoms with Gasteiger partial charge in [-0.25, -0.2) is 0 Å². The SMILES string of the molecule is COCCNCC1(c2ccccc2C)CCCCCC1. The van der Waals surface area contributed by atoms with Gasteiger partial charge in [-0.2, -0.15) is 0 Å². The molecule has 2 rings (SSSR count). The van der Waals surface area contributed by atoms with Gasteiger partial charge >= 0.3 is 0 Å². The zero-order valence-corrected chi connectivity index (χ0v) is 13.1. The van der Waals surface area contributed by atoms with Crippen LogP contribution in [0.15, 0.2) is 24.3 Å². The normalized spacial score (nSPS) is 18.7. The molecule has 0 saturated heterocycles. The number of nitrogens with one attached hydrogen (secondary N) is 1. The Labute approximate surface area is 123 Å². The van der Waals surface area contributed by atoms with Gasteiger partial charge in [-0.15, -0.1) is 0 Å². The van der Waals surface area contributed by atoms with Crippen molar-refractivity contribution in [3.63, 3.8) is 0 Å². The Balaban J connectivity index is 2.16. The van der Waals surface area contributed by atoms with Gasteiger partial charge in [0.05, 0.1) is 6.61 Å². The molecule has 1 aromatic rings. The molecule has 0 radical (unpaired) electrons. The fraction of sp³-hybridized carbons (Fsp3) is 0.667. The predicted molar refractivity (Wildman–Crippen MR) is 85.3 cm³/mol. The van der Waals surface area contributed by atoms with Crippen LogP contribution in [-0.2, 0) is 10.2 Å². The van der Waals surface area contributed by atoms with E-state index in [-0.39, 0.29) is 0 Å². The molecule has 0 spiro atoms. The van der Waals surface area contributed by atoms with Crippen LogP contribution in [0.2, 0.25) is 0 Å². The minimum Gasteiger partial charge on any atom is -0.383 e. The summed E-state index contributed by atoms with van der Waals surface area (Å²) in [7, 11) is 1.77. The van der Waals surface area contributed by atoms with E-state index in [1.165, 1.54) is 44.1 Å². The Morgan fingerprint density at radius 3 is 2.45 bits per heavy atom. The van der Waals surface area contributed by atoms with Gasteiger partial charge in [0.25, 0.3) is 0 Å². The Hall–Kier alpha value is -0.860. The second-order valence-corrected chi connectivity index (χ2v) is 6.18. The van der Waals surface area contributed by atoms with Crippen molar-refractivity contribution < 1.29 is 4.74 Å². The van der Waals surface area contributed by atoms with Crippen LogP contribution in [-0.4, -0.2) is 26.8 Å². The molecule has 1 aliphatic carbocycles. The summed E-state index contributed by atoms with van der Waals surface area (Å²) >= 11 is 0. The van der Waals surface area contributed by atoms with E-state index in [0.29, 0.717) is 5.41 Å². The van der Waals surface area contributed by atoms with Crippen molar-refractivity contribution in [2.75, 3.05) is 26.8 Å². The zero-order valence-electron chi connectivity index (χ0n) is 13.1. The predicted octanol–water partition coefficient (Wildman–Crippen LogP) is 3.82. The van der Waals surface area contributed by atoms with E-state index >= 15 is 0 Å². The average molecular weight is 275 g/mol. The maximum Gasteiger partial charge on any atom is 0.0587 e. The molecule has 1 N–H and O–H groups in total. The fourth-order valence-corrected chi connectivity index (χ4v) is 3.62. The first-order chi connectivity index (χ1) is 9.78. The molecule has 2 heteroatoms. The molecule has 1 saturated carbocycles. The fourth-order valence-electron chi connectivity index (χ4n) is 3.62. The van der Waals surface area contributed by atoms with Crippen LogP contribution < -0.4 is 5.32 Å². The summed E-state index contributed by atoms with van der Waals surface area (Å²) in [6.07, 6.45) is 8.15. The van der Waals surface area contributed by atoms with Gasteiger partial charge in [0.15, 0.2) is 0 Å². The van der Waals surface area contributed by atoms with E-state index in [1.54, 1.807) is 12.7 Å². The third-order valence-electron chi connectivity index (χ3n) is 4.72. The van der Waals surface area contributed by atoms with Crippen LogP contribution in [0.25, 0.3) is 0 Å². The molecule has 0 bridgehead atoms. The summed E-state index contributed by atoms with van der Waals surface area (Å²) < 4.78 is 5.16. The number of hydrogen-bond acceptors (Lipinski definition) is 2. The molecule has 0 aliphatic heterocycles. The molecule has 1 aromatic carbocycles. The Morgan fingerprint density at radius 1 is 1.10 bits per heavy atom. The van der Waals surface area contributed by atoms with Crippen molar-refractivity contribution >= 4 is 0 Å². The molecule has 1 fully saturated rings. The number of rotatable bonds is 6. The summed E-state index contributed by atoms with van der Waals surface area (Å²) in [4.78, 5) is 0. The minimum atomic E-state index is 0.329. The summed E-state index contributed by atoms with van der Waals surface area (Å²) in [5, 5.41) is 3.63. The van der Waals surface area contributed by atoms with Crippen molar-refractivity contribution in [1.29, 1.82) is 0 Å². The molecule has 0 atom stereocenters. The monoisotopic (exact) mass is 275 g/mol. The first-order valence-electron chi connectivity index (χ1n) is 8.04. The third-order valence-corrected chi connectivity index (χ3v) is 4.72. The minimum absolute atomic E-state index is 0.329. The highest BCUT2D eigenvalue weighted by Crippen LogP contribution is 2.39. The second kappa shape index (κ2) is 7.80. The quantitative estimate of drug-likeness (QED) is 0.629. The van der Waals surface area contributed by atoms with Crippen molar-refractivity contribution in [1.82, 2.24) is 5.32 Å². The van der Waals surface area contributed by atoms with Gasteiger partial charge in [-0.3, -0.25) is 0 Å². The second-order valence-electron chi connectivity index (χ2n) is 6.18. The third kappa shape index (κ3) is 3.83. The summed E-state index contributed by atoms with van der Waals surface area (Å²) in [6, 6.07) is 8.96. The van der Waals surface area contributed by atoms with E-state index in [2.05, 4.69) is 36.5 Å². The first-order valence-corrected chi connectivity index (χ1v) is 8.04. The Bertz CT molecular complexity index is 394. The highest BCUT2D eigenvalue weighted by atomic mass is 16.5. The number of hydrogen-bond donors (Lipinski definition) is 1. The van der Waals surface area contributed by atoms with Crippen molar-refractivity contribution in [3.8, 4) is 0 Å². The maximum atomic E-state index is 5.16. The van der Waals surface area contributed by atoms with Gasteiger partial charge < -0.3 is 10.1 Å². The number of ether oxygens (including phenoxy) is 1. The molecular weight excluding hydrogens is 246 g/mol. The number of methoxy groups -OCH3 is 1. The lowest BCUT2D eigenvalue weighted by Gasteiger charge is -2.35. The topological polar surface area (TPSA) is 21.3 Å². The summed E-state index contributed by atoms with van der Waals surface area (Å²) in [5.74, 6) is 0. The van der Waals surface area contributed by atoms with Gasteiger partial charge in [0, 0.05) is 25.6 Å². The molecular formula is C18H29NO. The van der Waals surface area contributed by atoms with Crippen molar-refractivity contribution in [2.45, 2.75) is 50.9 Å². The molecule has 0 amide bonds. The molecule has 0 unspecified atom stereocenters. The number of benzene rings is 1. The summed E-state index contributed by atoms with van der Waals surface area (Å²) in [5.41, 5.74) is 3.34. The molecule has 0 heterocycles. The highest BCUT2D eigenvalue weighted by Gasteiger charge is 2.33. The molecule has 112 valence electrons. The Kier molecular flexibility index (Phi) is 6.06. The van der Waals surface area contributed by atoms with Gasteiger partial charge in [0.2, 0.25) is 0 Å². The van der Waals surface area contributed by atoms with Gasteiger partial charge in [0.1, 0.15) is 0 Å². The highest BCUT2D eigenvalue weighted by molar-refractivity contribution is 5.34. The van der Waals surface area contributed by atoms with E-state index in [1.807, 2.05) is 0 Å². The van der Waals surface area contributed by atoms with E-state index < -0.39 is 0 Å².